The molecule has 0 spiro atoms. The van der Waals surface area contributed by atoms with Crippen LogP contribution in [0, 0.1) is 18.7 Å². The van der Waals surface area contributed by atoms with Gasteiger partial charge in [0, 0.05) is 16.5 Å². The van der Waals surface area contributed by atoms with Gasteiger partial charge >= 0.3 is 4.87 Å². The number of benzene rings is 3. The number of aromatic hydroxyl groups is 1. The number of nitrogens with one attached hydrogen (secondary N) is 1. The van der Waals surface area contributed by atoms with E-state index in [1.54, 1.807) is 31.2 Å². The van der Waals surface area contributed by atoms with E-state index in [1.807, 2.05) is 19.1 Å². The van der Waals surface area contributed by atoms with Gasteiger partial charge in [0.05, 0.1) is 23.2 Å². The summed E-state index contributed by atoms with van der Waals surface area (Å²) in [5.41, 5.74) is 2.39. The fourth-order valence-corrected chi connectivity index (χ4v) is 8.21. The highest BCUT2D eigenvalue weighted by molar-refractivity contribution is 8.00. The number of amides is 3. The molecule has 2 N–H and O–H groups in total. The molecule has 0 aliphatic carbocycles. The minimum absolute atomic E-state index is 0.0779. The number of aryl methyl sites for hydroxylation is 1. The van der Waals surface area contributed by atoms with Crippen LogP contribution in [-0.2, 0) is 20.9 Å². The fourth-order valence-electron chi connectivity index (χ4n) is 5.44. The van der Waals surface area contributed by atoms with Crippen molar-refractivity contribution in [3.8, 4) is 11.5 Å². The zero-order valence-corrected chi connectivity index (χ0v) is 24.7. The Hall–Kier alpha value is -4.42. The van der Waals surface area contributed by atoms with Gasteiger partial charge in [-0.15, -0.1) is 0 Å². The maximum Gasteiger partial charge on any atom is 0.308 e. The Morgan fingerprint density at radius 3 is 2.44 bits per heavy atom. The first-order chi connectivity index (χ1) is 20.7. The first-order valence-electron chi connectivity index (χ1n) is 13.5. The minimum Gasteiger partial charge on any atom is -0.504 e. The van der Waals surface area contributed by atoms with Crippen LogP contribution >= 0.6 is 23.1 Å². The SMILES string of the molecule is CCOc1cc([C@@H]2c3sc(=O)n(CC(=O)Nc4ccc(F)cc4)c3SC3C(=O)N(c4ccc(C)cc4)C(=O)C32)ccc1O. The van der Waals surface area contributed by atoms with E-state index in [2.05, 4.69) is 5.32 Å². The Morgan fingerprint density at radius 2 is 1.74 bits per heavy atom. The van der Waals surface area contributed by atoms with Gasteiger partial charge in [-0.05, 0) is 67.9 Å². The topological polar surface area (TPSA) is 118 Å². The van der Waals surface area contributed by atoms with Crippen molar-refractivity contribution in [3.63, 3.8) is 0 Å². The number of fused-ring (bicyclic) bond motifs is 2. The van der Waals surface area contributed by atoms with E-state index < -0.39 is 45.5 Å². The molecule has 3 atom stereocenters. The summed E-state index contributed by atoms with van der Waals surface area (Å²) in [6, 6.07) is 17.1. The van der Waals surface area contributed by atoms with Crippen molar-refractivity contribution in [2.24, 2.45) is 5.92 Å². The van der Waals surface area contributed by atoms with Crippen LogP contribution < -0.4 is 19.8 Å². The fraction of sp³-hybridized carbons (Fsp3) is 0.226. The van der Waals surface area contributed by atoms with Crippen LogP contribution in [0.25, 0.3) is 0 Å². The molecule has 4 aromatic rings. The number of hydrogen-bond donors (Lipinski definition) is 2. The highest BCUT2D eigenvalue weighted by atomic mass is 32.2. The summed E-state index contributed by atoms with van der Waals surface area (Å²) in [7, 11) is 0. The summed E-state index contributed by atoms with van der Waals surface area (Å²) in [5, 5.41) is 12.6. The number of phenolic OH excluding ortho intramolecular Hbond substituents is 1. The van der Waals surface area contributed by atoms with Gasteiger partial charge in [-0.1, -0.05) is 46.9 Å². The molecule has 12 heteroatoms. The Morgan fingerprint density at radius 1 is 1.02 bits per heavy atom. The number of phenols is 1. The Bertz CT molecular complexity index is 1800. The van der Waals surface area contributed by atoms with Gasteiger partial charge in [-0.2, -0.15) is 0 Å². The first kappa shape index (κ1) is 28.7. The smallest absolute Gasteiger partial charge is 0.308 e. The van der Waals surface area contributed by atoms with Crippen LogP contribution in [-0.4, -0.2) is 39.3 Å². The average Bonchev–Trinajstić information content (AvgIpc) is 3.42. The molecular weight excluding hydrogens is 593 g/mol. The molecule has 220 valence electrons. The number of thioether (sulfide) groups is 1. The predicted octanol–water partition coefficient (Wildman–Crippen LogP) is 4.90. The van der Waals surface area contributed by atoms with Gasteiger partial charge in [0.2, 0.25) is 17.7 Å². The van der Waals surface area contributed by atoms with Crippen LogP contribution in [0.2, 0.25) is 0 Å². The lowest BCUT2D eigenvalue weighted by Gasteiger charge is -2.31. The summed E-state index contributed by atoms with van der Waals surface area (Å²) < 4.78 is 20.2. The number of rotatable bonds is 7. The monoisotopic (exact) mass is 619 g/mol. The van der Waals surface area contributed by atoms with Crippen molar-refractivity contribution >= 4 is 52.2 Å². The van der Waals surface area contributed by atoms with E-state index in [9.17, 15) is 28.7 Å². The number of hydrogen-bond acceptors (Lipinski definition) is 8. The number of nitrogens with zero attached hydrogens (tertiary/aromatic N) is 2. The predicted molar refractivity (Wildman–Crippen MR) is 162 cm³/mol. The number of carbonyl (C=O) groups excluding carboxylic acids is 3. The molecule has 1 fully saturated rings. The highest BCUT2D eigenvalue weighted by Gasteiger charge is 2.57. The van der Waals surface area contributed by atoms with Gasteiger partial charge in [0.15, 0.2) is 11.5 Å². The highest BCUT2D eigenvalue weighted by Crippen LogP contribution is 2.54. The third kappa shape index (κ3) is 5.21. The van der Waals surface area contributed by atoms with Crippen molar-refractivity contribution in [1.29, 1.82) is 0 Å². The molecule has 0 saturated carbocycles. The van der Waals surface area contributed by atoms with Gasteiger partial charge in [0.1, 0.15) is 17.6 Å². The maximum atomic E-state index is 14.0. The lowest BCUT2D eigenvalue weighted by atomic mass is 9.83. The van der Waals surface area contributed by atoms with E-state index >= 15 is 0 Å². The van der Waals surface area contributed by atoms with Crippen LogP contribution in [0.1, 0.15) is 28.8 Å². The number of anilines is 2. The largest absolute Gasteiger partial charge is 0.504 e. The normalized spacial score (nSPS) is 19.2. The summed E-state index contributed by atoms with van der Waals surface area (Å²) in [6.45, 7) is 3.63. The van der Waals surface area contributed by atoms with E-state index in [4.69, 9.17) is 4.74 Å². The summed E-state index contributed by atoms with van der Waals surface area (Å²) in [6.07, 6.45) is 0. The molecule has 0 bridgehead atoms. The molecule has 3 amide bonds. The first-order valence-corrected chi connectivity index (χ1v) is 15.2. The standard InChI is InChI=1S/C31H26FN3O6S2/c1-3-41-22-14-17(6-13-21(22)36)24-25-26(29(39)35(28(25)38)20-11-4-16(2)5-12-20)42-30-27(24)43-31(40)34(30)15-23(37)33-19-9-7-18(32)8-10-19/h4-14,24-26,36H,3,15H2,1-2H3,(H,33,37)/t24-,25?,26?/m0/s1. The molecule has 2 aliphatic heterocycles. The average molecular weight is 620 g/mol. The van der Waals surface area contributed by atoms with E-state index in [-0.39, 0.29) is 18.0 Å². The molecule has 3 aromatic carbocycles. The molecule has 6 rings (SSSR count). The number of ether oxygens (including phenoxy) is 1. The Balaban J connectivity index is 1.43. The van der Waals surface area contributed by atoms with Crippen LogP contribution in [0.15, 0.2) is 76.6 Å². The van der Waals surface area contributed by atoms with Crippen molar-refractivity contribution < 1.29 is 28.6 Å². The number of aromatic nitrogens is 1. The summed E-state index contributed by atoms with van der Waals surface area (Å²) in [5.74, 6) is -3.18. The van der Waals surface area contributed by atoms with Crippen molar-refractivity contribution in [2.75, 3.05) is 16.8 Å². The van der Waals surface area contributed by atoms with Crippen LogP contribution in [0.3, 0.4) is 0 Å². The third-order valence-electron chi connectivity index (χ3n) is 7.41. The number of imide groups is 1. The Kier molecular flexibility index (Phi) is 7.57. The summed E-state index contributed by atoms with van der Waals surface area (Å²) >= 11 is 2.02. The number of halogens is 1. The molecule has 1 saturated heterocycles. The minimum atomic E-state index is -0.865. The molecular formula is C31H26FN3O6S2. The van der Waals surface area contributed by atoms with Crippen molar-refractivity contribution in [2.45, 2.75) is 36.6 Å². The summed E-state index contributed by atoms with van der Waals surface area (Å²) in [4.78, 5) is 55.6. The van der Waals surface area contributed by atoms with Crippen LogP contribution in [0.4, 0.5) is 15.8 Å². The second-order valence-corrected chi connectivity index (χ2v) is 12.4. The number of carbonyl (C=O) groups is 3. The lowest BCUT2D eigenvalue weighted by molar-refractivity contribution is -0.122. The molecule has 9 nitrogen and oxygen atoms in total. The van der Waals surface area contributed by atoms with Gasteiger partial charge in [0.25, 0.3) is 0 Å². The van der Waals surface area contributed by atoms with E-state index in [0.29, 0.717) is 33.4 Å². The Labute approximate surface area is 253 Å². The number of thiazole rings is 1. The van der Waals surface area contributed by atoms with Crippen LogP contribution in [0.5, 0.6) is 11.5 Å². The maximum absolute atomic E-state index is 14.0. The molecule has 2 unspecified atom stereocenters. The molecule has 43 heavy (non-hydrogen) atoms. The third-order valence-corrected chi connectivity index (χ3v) is 10.0. The van der Waals surface area contributed by atoms with Gasteiger partial charge < -0.3 is 15.2 Å². The van der Waals surface area contributed by atoms with E-state index in [0.717, 1.165) is 28.7 Å². The zero-order chi connectivity index (χ0) is 30.4. The lowest BCUT2D eigenvalue weighted by Crippen LogP contribution is -2.33. The second kappa shape index (κ2) is 11.3. The molecule has 2 aliphatic rings. The zero-order valence-electron chi connectivity index (χ0n) is 23.1. The molecule has 1 aromatic heterocycles. The van der Waals surface area contributed by atoms with E-state index in [1.165, 1.54) is 39.8 Å². The quantitative estimate of drug-likeness (QED) is 0.283. The van der Waals surface area contributed by atoms with Gasteiger partial charge in [-0.25, -0.2) is 9.29 Å². The molecule has 3 heterocycles. The molecule has 0 radical (unpaired) electrons. The second-order valence-electron chi connectivity index (χ2n) is 10.2. The van der Waals surface area contributed by atoms with Crippen molar-refractivity contribution in [3.05, 3.63) is 98.2 Å². The van der Waals surface area contributed by atoms with Gasteiger partial charge in [-0.3, -0.25) is 23.7 Å². The van der Waals surface area contributed by atoms with Crippen molar-refractivity contribution in [1.82, 2.24) is 4.57 Å².